The predicted molar refractivity (Wildman–Crippen MR) is 87.2 cm³/mol. The lowest BCUT2D eigenvalue weighted by Crippen LogP contribution is -2.28. The van der Waals surface area contributed by atoms with Crippen molar-refractivity contribution in [3.63, 3.8) is 0 Å². The zero-order chi connectivity index (χ0) is 15.1. The topological polar surface area (TPSA) is 85.0 Å². The van der Waals surface area contributed by atoms with Crippen LogP contribution in [0.15, 0.2) is 23.0 Å². The average molecular weight is 331 g/mol. The fourth-order valence-electron chi connectivity index (χ4n) is 2.74. The molecule has 4 rings (SSSR count). The van der Waals surface area contributed by atoms with E-state index in [0.29, 0.717) is 23.0 Å². The molecule has 0 radical (unpaired) electrons. The molecule has 1 amide bonds. The monoisotopic (exact) mass is 331 g/mol. The lowest BCUT2D eigenvalue weighted by Gasteiger charge is -2.15. The Morgan fingerprint density at radius 1 is 1.36 bits per heavy atom. The number of rotatable bonds is 2. The van der Waals surface area contributed by atoms with Gasteiger partial charge in [-0.05, 0) is 18.6 Å². The van der Waals surface area contributed by atoms with Crippen molar-refractivity contribution in [3.05, 3.63) is 34.4 Å². The van der Waals surface area contributed by atoms with Crippen molar-refractivity contribution < 1.29 is 4.79 Å². The minimum Gasteiger partial charge on any atom is -0.375 e. The first-order valence-electron chi connectivity index (χ1n) is 6.91. The number of carbonyl (C=O) groups excluding carboxylic acids is 1. The second kappa shape index (κ2) is 5.29. The van der Waals surface area contributed by atoms with E-state index in [1.807, 2.05) is 17.0 Å². The van der Waals surface area contributed by atoms with Gasteiger partial charge in [-0.15, -0.1) is 11.3 Å². The van der Waals surface area contributed by atoms with Gasteiger partial charge < -0.3 is 10.6 Å². The van der Waals surface area contributed by atoms with E-state index in [2.05, 4.69) is 15.0 Å². The molecule has 0 aromatic carbocycles. The van der Waals surface area contributed by atoms with Crippen molar-refractivity contribution >= 4 is 44.1 Å². The maximum absolute atomic E-state index is 12.3. The van der Waals surface area contributed by atoms with Crippen LogP contribution in [0, 0.1) is 0 Å². The van der Waals surface area contributed by atoms with E-state index in [-0.39, 0.29) is 11.8 Å². The lowest BCUT2D eigenvalue weighted by molar-refractivity contribution is 0.0785. The molecule has 1 fully saturated rings. The van der Waals surface area contributed by atoms with Crippen molar-refractivity contribution in [1.82, 2.24) is 19.9 Å². The third-order valence-corrected chi connectivity index (χ3v) is 5.26. The van der Waals surface area contributed by atoms with Gasteiger partial charge in [-0.25, -0.2) is 15.0 Å². The molecule has 1 aliphatic heterocycles. The summed E-state index contributed by atoms with van der Waals surface area (Å²) in [6, 6.07) is 4.03. The van der Waals surface area contributed by atoms with Crippen molar-refractivity contribution in [2.45, 2.75) is 12.3 Å². The highest BCUT2D eigenvalue weighted by Gasteiger charge is 2.29. The molecular formula is C14H13N5OS2. The van der Waals surface area contributed by atoms with Gasteiger partial charge in [-0.3, -0.25) is 4.79 Å². The highest BCUT2D eigenvalue weighted by Crippen LogP contribution is 2.30. The molecule has 4 heterocycles. The molecule has 0 saturated carbocycles. The normalized spacial score (nSPS) is 18.2. The summed E-state index contributed by atoms with van der Waals surface area (Å²) >= 11 is 2.88. The van der Waals surface area contributed by atoms with Gasteiger partial charge in [0.05, 0.1) is 10.2 Å². The minimum absolute atomic E-state index is 0.00253. The first-order valence-corrected chi connectivity index (χ1v) is 8.67. The van der Waals surface area contributed by atoms with Crippen molar-refractivity contribution in [3.8, 4) is 0 Å². The number of hydrogen-bond acceptors (Lipinski definition) is 7. The van der Waals surface area contributed by atoms with E-state index in [1.165, 1.54) is 22.7 Å². The second-order valence-electron chi connectivity index (χ2n) is 5.22. The Morgan fingerprint density at radius 2 is 2.27 bits per heavy atom. The standard InChI is InChI=1S/C14H13N5OS2/c15-14-18-12-11(22-14)2-1-9(17-12)8-3-4-19(5-8)13(20)10-6-21-7-16-10/h1-2,6-8H,3-5H2,(H2,15,17,18)/t8-/m1/s1. The summed E-state index contributed by atoms with van der Waals surface area (Å²) in [5, 5.41) is 2.32. The summed E-state index contributed by atoms with van der Waals surface area (Å²) in [7, 11) is 0. The van der Waals surface area contributed by atoms with Crippen LogP contribution in [0.4, 0.5) is 5.13 Å². The number of amides is 1. The quantitative estimate of drug-likeness (QED) is 0.779. The molecule has 112 valence electrons. The molecule has 3 aromatic heterocycles. The summed E-state index contributed by atoms with van der Waals surface area (Å²) in [4.78, 5) is 27.1. The second-order valence-corrected chi connectivity index (χ2v) is 7.00. The van der Waals surface area contributed by atoms with Crippen molar-refractivity contribution in [2.75, 3.05) is 18.8 Å². The van der Waals surface area contributed by atoms with Crippen LogP contribution in [0.2, 0.25) is 0 Å². The Kier molecular flexibility index (Phi) is 3.27. The molecule has 3 aromatic rings. The van der Waals surface area contributed by atoms with Gasteiger partial charge in [-0.2, -0.15) is 0 Å². The van der Waals surface area contributed by atoms with Crippen LogP contribution < -0.4 is 5.73 Å². The summed E-state index contributed by atoms with van der Waals surface area (Å²) in [6.45, 7) is 1.41. The van der Waals surface area contributed by atoms with Crippen molar-refractivity contribution in [2.24, 2.45) is 0 Å². The van der Waals surface area contributed by atoms with E-state index < -0.39 is 0 Å². The molecule has 0 bridgehead atoms. The third-order valence-electron chi connectivity index (χ3n) is 3.84. The van der Waals surface area contributed by atoms with E-state index in [1.54, 1.807) is 10.9 Å². The summed E-state index contributed by atoms with van der Waals surface area (Å²) in [5.74, 6) is 0.248. The molecule has 8 heteroatoms. The maximum Gasteiger partial charge on any atom is 0.273 e. The number of aromatic nitrogens is 3. The lowest BCUT2D eigenvalue weighted by atomic mass is 10.0. The molecule has 1 atom stereocenters. The van der Waals surface area contributed by atoms with Crippen LogP contribution in [0.1, 0.15) is 28.5 Å². The Labute approximate surface area is 134 Å². The van der Waals surface area contributed by atoms with Crippen molar-refractivity contribution in [1.29, 1.82) is 0 Å². The van der Waals surface area contributed by atoms with Crippen LogP contribution in [-0.2, 0) is 0 Å². The van der Waals surface area contributed by atoms with Crippen LogP contribution in [-0.4, -0.2) is 38.8 Å². The number of anilines is 1. The molecule has 6 nitrogen and oxygen atoms in total. The Hall–Kier alpha value is -2.06. The number of nitrogen functional groups attached to an aromatic ring is 1. The number of carbonyl (C=O) groups is 1. The Bertz CT molecular complexity index is 829. The SMILES string of the molecule is Nc1nc2nc([C@@H]3CCN(C(=O)c4cscn4)C3)ccc2s1. The highest BCUT2D eigenvalue weighted by atomic mass is 32.1. The maximum atomic E-state index is 12.3. The molecule has 0 unspecified atom stereocenters. The summed E-state index contributed by atoms with van der Waals surface area (Å²) in [6.07, 6.45) is 0.911. The van der Waals surface area contributed by atoms with Gasteiger partial charge in [0.2, 0.25) is 0 Å². The smallest absolute Gasteiger partial charge is 0.273 e. The zero-order valence-corrected chi connectivity index (χ0v) is 13.2. The van der Waals surface area contributed by atoms with Gasteiger partial charge in [-0.1, -0.05) is 11.3 Å². The molecule has 0 spiro atoms. The molecular weight excluding hydrogens is 318 g/mol. The number of likely N-dealkylation sites (tertiary alicyclic amines) is 1. The van der Waals surface area contributed by atoms with E-state index >= 15 is 0 Å². The highest BCUT2D eigenvalue weighted by molar-refractivity contribution is 7.21. The summed E-state index contributed by atoms with van der Waals surface area (Å²) in [5.41, 5.74) is 9.61. The van der Waals surface area contributed by atoms with Gasteiger partial charge in [0.1, 0.15) is 5.69 Å². The molecule has 1 saturated heterocycles. The predicted octanol–water partition coefficient (Wildman–Crippen LogP) is 2.36. The van der Waals surface area contributed by atoms with Crippen LogP contribution in [0.5, 0.6) is 0 Å². The van der Waals surface area contributed by atoms with Gasteiger partial charge >= 0.3 is 0 Å². The fourth-order valence-corrected chi connectivity index (χ4v) is 3.95. The van der Waals surface area contributed by atoms with Gasteiger partial charge in [0.15, 0.2) is 10.8 Å². The first kappa shape index (κ1) is 13.6. The Morgan fingerprint density at radius 3 is 3.09 bits per heavy atom. The van der Waals surface area contributed by atoms with Crippen LogP contribution >= 0.6 is 22.7 Å². The zero-order valence-electron chi connectivity index (χ0n) is 11.6. The largest absolute Gasteiger partial charge is 0.375 e. The Balaban J connectivity index is 1.55. The molecule has 2 N–H and O–H groups in total. The molecule has 0 aliphatic carbocycles. The number of nitrogens with two attached hydrogens (primary N) is 1. The molecule has 22 heavy (non-hydrogen) atoms. The number of pyridine rings is 1. The average Bonchev–Trinajstić information content (AvgIpc) is 3.25. The van der Waals surface area contributed by atoms with Crippen LogP contribution in [0.25, 0.3) is 10.3 Å². The number of nitrogens with zero attached hydrogens (tertiary/aromatic N) is 4. The number of fused-ring (bicyclic) bond motifs is 1. The fraction of sp³-hybridized carbons (Fsp3) is 0.286. The third kappa shape index (κ3) is 2.34. The van der Waals surface area contributed by atoms with E-state index in [4.69, 9.17) is 5.73 Å². The summed E-state index contributed by atoms with van der Waals surface area (Å²) < 4.78 is 0.995. The van der Waals surface area contributed by atoms with Gasteiger partial charge in [0, 0.05) is 30.1 Å². The van der Waals surface area contributed by atoms with E-state index in [0.717, 1.165) is 23.4 Å². The van der Waals surface area contributed by atoms with Crippen LogP contribution in [0.3, 0.4) is 0 Å². The van der Waals surface area contributed by atoms with Gasteiger partial charge in [0.25, 0.3) is 5.91 Å². The molecule has 1 aliphatic rings. The minimum atomic E-state index is 0.00253. The van der Waals surface area contributed by atoms with E-state index in [9.17, 15) is 4.79 Å². The number of thiazole rings is 2. The first-order chi connectivity index (χ1) is 10.7. The number of hydrogen-bond donors (Lipinski definition) is 1.